The number of pyridine rings is 1. The van der Waals surface area contributed by atoms with E-state index in [1.165, 1.54) is 0 Å². The third kappa shape index (κ3) is 1.75. The molecule has 16 heavy (non-hydrogen) atoms. The second kappa shape index (κ2) is 3.78. The Morgan fingerprint density at radius 3 is 2.56 bits per heavy atom. The van der Waals surface area contributed by atoms with Gasteiger partial charge in [0.05, 0.1) is 11.1 Å². The van der Waals surface area contributed by atoms with Gasteiger partial charge in [0.25, 0.3) is 0 Å². The van der Waals surface area contributed by atoms with E-state index in [2.05, 4.69) is 4.98 Å². The van der Waals surface area contributed by atoms with Gasteiger partial charge in [0, 0.05) is 11.9 Å². The van der Waals surface area contributed by atoms with E-state index >= 15 is 0 Å². The number of hydrogen-bond acceptors (Lipinski definition) is 2. The van der Waals surface area contributed by atoms with Crippen LogP contribution in [0.1, 0.15) is 35.2 Å². The van der Waals surface area contributed by atoms with Crippen LogP contribution in [0, 0.1) is 11.3 Å². The van der Waals surface area contributed by atoms with E-state index in [0.717, 1.165) is 19.0 Å². The topological polar surface area (TPSA) is 36.7 Å². The van der Waals surface area contributed by atoms with Crippen LogP contribution in [0.3, 0.4) is 0 Å². The fourth-order valence-electron chi connectivity index (χ4n) is 2.08. The molecule has 0 aliphatic heterocycles. The number of aryl methyl sites for hydroxylation is 1. The van der Waals surface area contributed by atoms with E-state index < -0.39 is 11.7 Å². The Labute approximate surface area is 90.7 Å². The van der Waals surface area contributed by atoms with Crippen LogP contribution in [-0.2, 0) is 19.0 Å². The number of nitriles is 1. The number of rotatable bonds is 0. The zero-order valence-electron chi connectivity index (χ0n) is 8.43. The minimum absolute atomic E-state index is 0.220. The average molecular weight is 226 g/mol. The highest BCUT2D eigenvalue weighted by Gasteiger charge is 2.38. The van der Waals surface area contributed by atoms with Gasteiger partial charge in [-0.1, -0.05) is 0 Å². The van der Waals surface area contributed by atoms with Crippen molar-refractivity contribution in [2.45, 2.75) is 31.9 Å². The second-order valence-corrected chi connectivity index (χ2v) is 3.79. The molecule has 0 saturated carbocycles. The first-order chi connectivity index (χ1) is 7.54. The molecule has 1 aromatic rings. The molecule has 0 atom stereocenters. The van der Waals surface area contributed by atoms with E-state index in [4.69, 9.17) is 5.26 Å². The maximum Gasteiger partial charge on any atom is 0.418 e. The first-order valence-electron chi connectivity index (χ1n) is 5.02. The lowest BCUT2D eigenvalue weighted by Gasteiger charge is -2.20. The van der Waals surface area contributed by atoms with E-state index in [1.54, 1.807) is 6.07 Å². The van der Waals surface area contributed by atoms with Crippen molar-refractivity contribution in [3.8, 4) is 6.07 Å². The molecule has 0 saturated heterocycles. The van der Waals surface area contributed by atoms with E-state index in [0.29, 0.717) is 18.5 Å². The molecule has 0 N–H and O–H groups in total. The molecule has 2 rings (SSSR count). The average Bonchev–Trinajstić information content (AvgIpc) is 2.26. The summed E-state index contributed by atoms with van der Waals surface area (Å²) in [7, 11) is 0. The molecule has 0 amide bonds. The first-order valence-corrected chi connectivity index (χ1v) is 5.02. The SMILES string of the molecule is N#Cc1cnc2c(c1C(F)(F)F)CCCC2. The molecule has 2 nitrogen and oxygen atoms in total. The van der Waals surface area contributed by atoms with Crippen LogP contribution in [-0.4, -0.2) is 4.98 Å². The lowest BCUT2D eigenvalue weighted by atomic mass is 9.90. The number of fused-ring (bicyclic) bond motifs is 1. The third-order valence-corrected chi connectivity index (χ3v) is 2.76. The lowest BCUT2D eigenvalue weighted by molar-refractivity contribution is -0.138. The number of alkyl halides is 3. The monoisotopic (exact) mass is 226 g/mol. The first kappa shape index (κ1) is 10.9. The summed E-state index contributed by atoms with van der Waals surface area (Å²) in [6, 6.07) is 1.57. The zero-order valence-corrected chi connectivity index (χ0v) is 8.43. The highest BCUT2D eigenvalue weighted by atomic mass is 19.4. The van der Waals surface area contributed by atoms with Crippen molar-refractivity contribution in [3.63, 3.8) is 0 Å². The minimum Gasteiger partial charge on any atom is -0.260 e. The van der Waals surface area contributed by atoms with Crippen molar-refractivity contribution in [1.82, 2.24) is 4.98 Å². The molecule has 0 radical (unpaired) electrons. The normalized spacial score (nSPS) is 15.4. The highest BCUT2D eigenvalue weighted by molar-refractivity contribution is 5.45. The maximum atomic E-state index is 12.8. The molecule has 0 unspecified atom stereocenters. The van der Waals surface area contributed by atoms with Gasteiger partial charge in [-0.15, -0.1) is 0 Å². The fourth-order valence-corrected chi connectivity index (χ4v) is 2.08. The molecule has 0 bridgehead atoms. The van der Waals surface area contributed by atoms with Crippen molar-refractivity contribution >= 4 is 0 Å². The van der Waals surface area contributed by atoms with E-state index in [9.17, 15) is 13.2 Å². The van der Waals surface area contributed by atoms with Crippen LogP contribution in [0.5, 0.6) is 0 Å². The Kier molecular flexibility index (Phi) is 2.58. The second-order valence-electron chi connectivity index (χ2n) is 3.79. The number of hydrogen-bond donors (Lipinski definition) is 0. The molecule has 5 heteroatoms. The number of halogens is 3. The van der Waals surface area contributed by atoms with Crippen LogP contribution in [0.4, 0.5) is 13.2 Å². The van der Waals surface area contributed by atoms with Gasteiger partial charge >= 0.3 is 6.18 Å². The summed E-state index contributed by atoms with van der Waals surface area (Å²) in [5.74, 6) is 0. The molecule has 1 heterocycles. The smallest absolute Gasteiger partial charge is 0.260 e. The fraction of sp³-hybridized carbons (Fsp3) is 0.455. The lowest BCUT2D eigenvalue weighted by Crippen LogP contribution is -2.17. The maximum absolute atomic E-state index is 12.8. The molecular formula is C11H9F3N2. The van der Waals surface area contributed by atoms with Gasteiger partial charge in [0.1, 0.15) is 6.07 Å². The summed E-state index contributed by atoms with van der Waals surface area (Å²) >= 11 is 0. The predicted octanol–water partition coefficient (Wildman–Crippen LogP) is 2.85. The summed E-state index contributed by atoms with van der Waals surface area (Å²) in [6.07, 6.45) is -0.894. The van der Waals surface area contributed by atoms with Crippen LogP contribution in [0.25, 0.3) is 0 Å². The van der Waals surface area contributed by atoms with Crippen molar-refractivity contribution in [2.75, 3.05) is 0 Å². The summed E-state index contributed by atoms with van der Waals surface area (Å²) in [5, 5.41) is 8.69. The van der Waals surface area contributed by atoms with Crippen LogP contribution < -0.4 is 0 Å². The molecule has 1 aromatic heterocycles. The zero-order chi connectivity index (χ0) is 11.8. The standard InChI is InChI=1S/C11H9F3N2/c12-11(13,14)10-7(5-15)6-16-9-4-2-1-3-8(9)10/h6H,1-4H2. The molecular weight excluding hydrogens is 217 g/mol. The van der Waals surface area contributed by atoms with Crippen molar-refractivity contribution < 1.29 is 13.2 Å². The van der Waals surface area contributed by atoms with Gasteiger partial charge in [0.15, 0.2) is 0 Å². The Bertz CT molecular complexity index is 458. The molecule has 0 spiro atoms. The van der Waals surface area contributed by atoms with Crippen LogP contribution >= 0.6 is 0 Å². The summed E-state index contributed by atoms with van der Waals surface area (Å²) < 4.78 is 38.5. The van der Waals surface area contributed by atoms with Gasteiger partial charge in [-0.2, -0.15) is 18.4 Å². The van der Waals surface area contributed by atoms with Crippen LogP contribution in [0.15, 0.2) is 6.20 Å². The molecule has 0 fully saturated rings. The predicted molar refractivity (Wildman–Crippen MR) is 50.6 cm³/mol. The Balaban J connectivity index is 2.67. The summed E-state index contributed by atoms with van der Waals surface area (Å²) in [5.41, 5.74) is -0.428. The molecule has 84 valence electrons. The van der Waals surface area contributed by atoms with Crippen LogP contribution in [0.2, 0.25) is 0 Å². The third-order valence-electron chi connectivity index (χ3n) is 2.76. The largest absolute Gasteiger partial charge is 0.418 e. The Morgan fingerprint density at radius 1 is 1.25 bits per heavy atom. The number of aromatic nitrogens is 1. The number of nitrogens with zero attached hydrogens (tertiary/aromatic N) is 2. The molecule has 1 aliphatic carbocycles. The van der Waals surface area contributed by atoms with Crippen molar-refractivity contribution in [1.29, 1.82) is 5.26 Å². The highest BCUT2D eigenvalue weighted by Crippen LogP contribution is 2.37. The van der Waals surface area contributed by atoms with Gasteiger partial charge in [-0.25, -0.2) is 0 Å². The van der Waals surface area contributed by atoms with E-state index in [1.807, 2.05) is 0 Å². The van der Waals surface area contributed by atoms with E-state index in [-0.39, 0.29) is 11.1 Å². The minimum atomic E-state index is -4.46. The van der Waals surface area contributed by atoms with Gasteiger partial charge in [-0.05, 0) is 31.2 Å². The molecule has 0 aromatic carbocycles. The van der Waals surface area contributed by atoms with Crippen molar-refractivity contribution in [3.05, 3.63) is 28.6 Å². The quantitative estimate of drug-likeness (QED) is 0.682. The van der Waals surface area contributed by atoms with Gasteiger partial charge in [0.2, 0.25) is 0 Å². The Hall–Kier alpha value is -1.57. The van der Waals surface area contributed by atoms with Gasteiger partial charge < -0.3 is 0 Å². The molecule has 1 aliphatic rings. The summed E-state index contributed by atoms with van der Waals surface area (Å²) in [6.45, 7) is 0. The van der Waals surface area contributed by atoms with Crippen molar-refractivity contribution in [2.24, 2.45) is 0 Å². The Morgan fingerprint density at radius 2 is 1.94 bits per heavy atom. The van der Waals surface area contributed by atoms with Gasteiger partial charge in [-0.3, -0.25) is 4.98 Å². The summed E-state index contributed by atoms with van der Waals surface area (Å²) in [4.78, 5) is 3.94.